The van der Waals surface area contributed by atoms with Crippen molar-refractivity contribution in [1.82, 2.24) is 10.2 Å². The summed E-state index contributed by atoms with van der Waals surface area (Å²) in [6.45, 7) is 4.01. The van der Waals surface area contributed by atoms with Crippen molar-refractivity contribution < 1.29 is 9.53 Å². The van der Waals surface area contributed by atoms with Crippen molar-refractivity contribution in [3.8, 4) is 5.75 Å². The van der Waals surface area contributed by atoms with Crippen LogP contribution >= 0.6 is 0 Å². The van der Waals surface area contributed by atoms with Crippen molar-refractivity contribution in [2.24, 2.45) is 5.41 Å². The molecule has 1 aromatic carbocycles. The molecule has 1 amide bonds. The van der Waals surface area contributed by atoms with Gasteiger partial charge in [-0.1, -0.05) is 0 Å². The fourth-order valence-electron chi connectivity index (χ4n) is 3.10. The zero-order chi connectivity index (χ0) is 13.3. The smallest absolute Gasteiger partial charge is 0.253 e. The van der Waals surface area contributed by atoms with Crippen molar-refractivity contribution in [2.45, 2.75) is 12.8 Å². The van der Waals surface area contributed by atoms with E-state index in [4.69, 9.17) is 4.74 Å². The number of benzene rings is 1. The van der Waals surface area contributed by atoms with E-state index in [1.807, 2.05) is 29.2 Å². The van der Waals surface area contributed by atoms with Crippen LogP contribution in [0, 0.1) is 5.41 Å². The van der Waals surface area contributed by atoms with Crippen LogP contribution < -0.4 is 10.1 Å². The third kappa shape index (κ3) is 2.32. The Morgan fingerprint density at radius 1 is 1.21 bits per heavy atom. The van der Waals surface area contributed by atoms with Crippen LogP contribution in [-0.4, -0.2) is 44.1 Å². The summed E-state index contributed by atoms with van der Waals surface area (Å²) >= 11 is 0. The molecule has 0 bridgehead atoms. The standard InChI is InChI=1S/C15H20N2O2/c1-19-13-4-2-12(3-5-13)14(18)17-10-15(11-17)6-8-16-9-7-15/h2-5,16H,6-11H2,1H3. The minimum absolute atomic E-state index is 0.145. The van der Waals surface area contributed by atoms with Crippen molar-refractivity contribution >= 4 is 5.91 Å². The molecule has 0 unspecified atom stereocenters. The molecule has 0 saturated carbocycles. The lowest BCUT2D eigenvalue weighted by atomic mass is 9.72. The summed E-state index contributed by atoms with van der Waals surface area (Å²) in [5.41, 5.74) is 1.15. The zero-order valence-electron chi connectivity index (χ0n) is 11.3. The molecule has 4 nitrogen and oxygen atoms in total. The Labute approximate surface area is 113 Å². The molecule has 4 heteroatoms. The molecular weight excluding hydrogens is 240 g/mol. The average Bonchev–Trinajstić information content (AvgIpc) is 2.45. The van der Waals surface area contributed by atoms with E-state index in [2.05, 4.69) is 5.32 Å². The highest BCUT2D eigenvalue weighted by atomic mass is 16.5. The van der Waals surface area contributed by atoms with Crippen molar-refractivity contribution in [2.75, 3.05) is 33.3 Å². The Hall–Kier alpha value is -1.55. The van der Waals surface area contributed by atoms with E-state index in [0.29, 0.717) is 5.41 Å². The number of likely N-dealkylation sites (tertiary alicyclic amines) is 1. The maximum Gasteiger partial charge on any atom is 0.253 e. The van der Waals surface area contributed by atoms with Crippen molar-refractivity contribution in [3.63, 3.8) is 0 Å². The van der Waals surface area contributed by atoms with Gasteiger partial charge in [-0.05, 0) is 50.2 Å². The Morgan fingerprint density at radius 2 is 1.84 bits per heavy atom. The number of hydrogen-bond donors (Lipinski definition) is 1. The summed E-state index contributed by atoms with van der Waals surface area (Å²) in [4.78, 5) is 14.3. The molecule has 1 aromatic rings. The van der Waals surface area contributed by atoms with Crippen LogP contribution in [0.1, 0.15) is 23.2 Å². The molecule has 102 valence electrons. The van der Waals surface area contributed by atoms with Gasteiger partial charge in [0.25, 0.3) is 5.91 Å². The Kier molecular flexibility index (Phi) is 3.19. The molecule has 0 aliphatic carbocycles. The van der Waals surface area contributed by atoms with Gasteiger partial charge in [-0.2, -0.15) is 0 Å². The van der Waals surface area contributed by atoms with Gasteiger partial charge in [-0.25, -0.2) is 0 Å². The highest BCUT2D eigenvalue weighted by Gasteiger charge is 2.45. The Balaban J connectivity index is 1.62. The number of nitrogens with zero attached hydrogens (tertiary/aromatic N) is 1. The number of nitrogens with one attached hydrogen (secondary N) is 1. The first-order valence-electron chi connectivity index (χ1n) is 6.87. The van der Waals surface area contributed by atoms with E-state index in [9.17, 15) is 4.79 Å². The van der Waals surface area contributed by atoms with E-state index < -0.39 is 0 Å². The van der Waals surface area contributed by atoms with Gasteiger partial charge in [0.2, 0.25) is 0 Å². The second-order valence-electron chi connectivity index (χ2n) is 5.64. The summed E-state index contributed by atoms with van der Waals surface area (Å²) in [6, 6.07) is 7.36. The fraction of sp³-hybridized carbons (Fsp3) is 0.533. The molecular formula is C15H20N2O2. The largest absolute Gasteiger partial charge is 0.497 e. The van der Waals surface area contributed by atoms with Crippen LogP contribution in [0.5, 0.6) is 5.75 Å². The average molecular weight is 260 g/mol. The van der Waals surface area contributed by atoms with Gasteiger partial charge >= 0.3 is 0 Å². The van der Waals surface area contributed by atoms with Crippen LogP contribution in [0.2, 0.25) is 0 Å². The van der Waals surface area contributed by atoms with Crippen molar-refractivity contribution in [1.29, 1.82) is 0 Å². The normalized spacial score (nSPS) is 21.0. The van der Waals surface area contributed by atoms with E-state index in [0.717, 1.165) is 37.5 Å². The summed E-state index contributed by atoms with van der Waals surface area (Å²) in [5.74, 6) is 0.932. The fourth-order valence-corrected chi connectivity index (χ4v) is 3.10. The topological polar surface area (TPSA) is 41.6 Å². The first-order valence-corrected chi connectivity index (χ1v) is 6.87. The first kappa shape index (κ1) is 12.5. The SMILES string of the molecule is COc1ccc(C(=O)N2CC3(CCNCC3)C2)cc1. The molecule has 1 spiro atoms. The lowest BCUT2D eigenvalue weighted by Gasteiger charge is -2.52. The highest BCUT2D eigenvalue weighted by molar-refractivity contribution is 5.95. The van der Waals surface area contributed by atoms with Crippen molar-refractivity contribution in [3.05, 3.63) is 29.8 Å². The number of piperidine rings is 1. The van der Waals surface area contributed by atoms with Crippen LogP contribution in [0.25, 0.3) is 0 Å². The number of hydrogen-bond acceptors (Lipinski definition) is 3. The van der Waals surface area contributed by atoms with E-state index in [1.165, 1.54) is 12.8 Å². The van der Waals surface area contributed by atoms with Gasteiger partial charge in [-0.3, -0.25) is 4.79 Å². The second-order valence-corrected chi connectivity index (χ2v) is 5.64. The molecule has 1 N–H and O–H groups in total. The Bertz CT molecular complexity index is 456. The molecule has 0 aromatic heterocycles. The van der Waals surface area contributed by atoms with E-state index in [-0.39, 0.29) is 5.91 Å². The van der Waals surface area contributed by atoms with E-state index in [1.54, 1.807) is 7.11 Å². The van der Waals surface area contributed by atoms with Gasteiger partial charge in [-0.15, -0.1) is 0 Å². The highest BCUT2D eigenvalue weighted by Crippen LogP contribution is 2.39. The number of methoxy groups -OCH3 is 1. The summed E-state index contributed by atoms with van der Waals surface area (Å²) in [5, 5.41) is 3.38. The van der Waals surface area contributed by atoms with Crippen LogP contribution in [0.3, 0.4) is 0 Å². The minimum Gasteiger partial charge on any atom is -0.497 e. The molecule has 2 heterocycles. The maximum absolute atomic E-state index is 12.3. The quantitative estimate of drug-likeness (QED) is 0.876. The monoisotopic (exact) mass is 260 g/mol. The first-order chi connectivity index (χ1) is 9.22. The molecule has 3 rings (SSSR count). The van der Waals surface area contributed by atoms with E-state index >= 15 is 0 Å². The molecule has 2 aliphatic rings. The lowest BCUT2D eigenvalue weighted by Crippen LogP contribution is -2.61. The molecule has 0 atom stereocenters. The lowest BCUT2D eigenvalue weighted by molar-refractivity contribution is -0.0113. The van der Waals surface area contributed by atoms with Gasteiger partial charge in [0, 0.05) is 24.1 Å². The predicted octanol–water partition coefficient (Wildman–Crippen LogP) is 1.52. The molecule has 2 aliphatic heterocycles. The minimum atomic E-state index is 0.145. The third-order valence-electron chi connectivity index (χ3n) is 4.34. The van der Waals surface area contributed by atoms with Gasteiger partial charge < -0.3 is 15.0 Å². The van der Waals surface area contributed by atoms with Crippen LogP contribution in [0.4, 0.5) is 0 Å². The number of carbonyl (C=O) groups is 1. The molecule has 2 saturated heterocycles. The van der Waals surface area contributed by atoms with Gasteiger partial charge in [0.05, 0.1) is 7.11 Å². The summed E-state index contributed by atoms with van der Waals surface area (Å²) in [7, 11) is 1.63. The van der Waals surface area contributed by atoms with Gasteiger partial charge in [0.15, 0.2) is 0 Å². The van der Waals surface area contributed by atoms with Gasteiger partial charge in [0.1, 0.15) is 5.75 Å². The van der Waals surface area contributed by atoms with Crippen LogP contribution in [0.15, 0.2) is 24.3 Å². The van der Waals surface area contributed by atoms with Crippen LogP contribution in [-0.2, 0) is 0 Å². The summed E-state index contributed by atoms with van der Waals surface area (Å²) < 4.78 is 5.11. The number of ether oxygens (including phenoxy) is 1. The third-order valence-corrected chi connectivity index (χ3v) is 4.34. The number of rotatable bonds is 2. The maximum atomic E-state index is 12.3. The zero-order valence-corrected chi connectivity index (χ0v) is 11.3. The number of carbonyl (C=O) groups excluding carboxylic acids is 1. The molecule has 2 fully saturated rings. The predicted molar refractivity (Wildman–Crippen MR) is 73.4 cm³/mol. The number of amides is 1. The second kappa shape index (κ2) is 4.85. The molecule has 19 heavy (non-hydrogen) atoms. The summed E-state index contributed by atoms with van der Waals surface area (Å²) in [6.07, 6.45) is 2.39. The Morgan fingerprint density at radius 3 is 2.42 bits per heavy atom. The molecule has 0 radical (unpaired) electrons.